The summed E-state index contributed by atoms with van der Waals surface area (Å²) in [5, 5.41) is 3.44. The Morgan fingerprint density at radius 2 is 1.75 bits per heavy atom. The summed E-state index contributed by atoms with van der Waals surface area (Å²) in [7, 11) is -1.57. The van der Waals surface area contributed by atoms with E-state index in [1.807, 2.05) is 38.1 Å². The minimum absolute atomic E-state index is 0. The second kappa shape index (κ2) is 12.6. The minimum Gasteiger partial charge on any atom is -0.352 e. The van der Waals surface area contributed by atoms with E-state index in [1.165, 1.54) is 5.56 Å². The number of aliphatic imine (C=N–C) groups is 1. The van der Waals surface area contributed by atoms with Gasteiger partial charge in [-0.15, -0.1) is 24.0 Å². The van der Waals surface area contributed by atoms with Crippen molar-refractivity contribution in [1.29, 1.82) is 0 Å². The van der Waals surface area contributed by atoms with E-state index in [0.29, 0.717) is 12.5 Å². The first-order valence-corrected chi connectivity index (χ1v) is 12.6. The van der Waals surface area contributed by atoms with Crippen LogP contribution in [0.2, 0.25) is 0 Å². The van der Waals surface area contributed by atoms with Crippen molar-refractivity contribution >= 4 is 40.0 Å². The van der Waals surface area contributed by atoms with Gasteiger partial charge in [-0.3, -0.25) is 4.99 Å². The van der Waals surface area contributed by atoms with Crippen molar-refractivity contribution in [1.82, 2.24) is 14.9 Å². The Bertz CT molecular complexity index is 981. The third-order valence-electron chi connectivity index (χ3n) is 5.48. The summed E-state index contributed by atoms with van der Waals surface area (Å²) in [6.45, 7) is 6.15. The number of hydrogen-bond donors (Lipinski definition) is 2. The topological polar surface area (TPSA) is 73.8 Å². The van der Waals surface area contributed by atoms with E-state index in [4.69, 9.17) is 0 Å². The molecule has 1 heterocycles. The van der Waals surface area contributed by atoms with Gasteiger partial charge in [-0.05, 0) is 49.3 Å². The van der Waals surface area contributed by atoms with Crippen LogP contribution in [0.3, 0.4) is 0 Å². The van der Waals surface area contributed by atoms with E-state index < -0.39 is 10.0 Å². The molecule has 2 aromatic rings. The van der Waals surface area contributed by atoms with Gasteiger partial charge in [0, 0.05) is 32.7 Å². The molecule has 1 aliphatic rings. The minimum atomic E-state index is -3.37. The molecule has 0 spiro atoms. The van der Waals surface area contributed by atoms with Crippen molar-refractivity contribution in [3.05, 3.63) is 71.3 Å². The number of halogens is 1. The van der Waals surface area contributed by atoms with Crippen LogP contribution < -0.4 is 10.0 Å². The number of likely N-dealkylation sites (tertiary alicyclic amines) is 1. The molecule has 1 atom stereocenters. The number of hydrogen-bond acceptors (Lipinski definition) is 3. The molecule has 2 N–H and O–H groups in total. The Morgan fingerprint density at radius 1 is 1.09 bits per heavy atom. The van der Waals surface area contributed by atoms with Crippen LogP contribution in [0.4, 0.5) is 0 Å². The molecule has 176 valence electrons. The van der Waals surface area contributed by atoms with Gasteiger partial charge in [0.05, 0.1) is 5.75 Å². The van der Waals surface area contributed by atoms with Gasteiger partial charge in [0.1, 0.15) is 0 Å². The largest absolute Gasteiger partial charge is 0.352 e. The maximum atomic E-state index is 12.4. The van der Waals surface area contributed by atoms with Gasteiger partial charge in [0.15, 0.2) is 5.96 Å². The van der Waals surface area contributed by atoms with Crippen molar-refractivity contribution in [3.8, 4) is 0 Å². The van der Waals surface area contributed by atoms with Crippen LogP contribution in [0.15, 0.2) is 59.6 Å². The lowest BCUT2D eigenvalue weighted by Crippen LogP contribution is -2.40. The lowest BCUT2D eigenvalue weighted by molar-refractivity contribution is 0.459. The maximum Gasteiger partial charge on any atom is 0.216 e. The highest BCUT2D eigenvalue weighted by atomic mass is 127. The fourth-order valence-corrected chi connectivity index (χ4v) is 5.61. The summed E-state index contributed by atoms with van der Waals surface area (Å²) in [5.74, 6) is 1.46. The van der Waals surface area contributed by atoms with Crippen molar-refractivity contribution in [2.24, 2.45) is 10.9 Å². The van der Waals surface area contributed by atoms with Crippen LogP contribution >= 0.6 is 24.0 Å². The van der Waals surface area contributed by atoms with Crippen molar-refractivity contribution in [2.45, 2.75) is 45.0 Å². The van der Waals surface area contributed by atoms with Crippen LogP contribution in [0.1, 0.15) is 37.0 Å². The van der Waals surface area contributed by atoms with E-state index in [0.717, 1.165) is 43.0 Å². The van der Waals surface area contributed by atoms with Crippen LogP contribution in [0.25, 0.3) is 0 Å². The number of nitrogens with one attached hydrogen (secondary N) is 2. The Kier molecular flexibility index (Phi) is 10.4. The molecule has 0 aromatic heterocycles. The molecule has 0 aliphatic carbocycles. The molecule has 32 heavy (non-hydrogen) atoms. The molecule has 0 saturated carbocycles. The molecule has 1 saturated heterocycles. The number of benzene rings is 2. The summed E-state index contributed by atoms with van der Waals surface area (Å²) in [6, 6.07) is 18.2. The SMILES string of the molecule is CN=C(NCc1ccccc1CS(=O)(=O)NC(C)C)N1CCC(Cc2ccccc2)C1.I. The van der Waals surface area contributed by atoms with Gasteiger partial charge in [-0.2, -0.15) is 0 Å². The molecular formula is C24H35IN4O2S. The van der Waals surface area contributed by atoms with Gasteiger partial charge in [-0.25, -0.2) is 13.1 Å². The smallest absolute Gasteiger partial charge is 0.216 e. The first kappa shape index (κ1) is 26.6. The third-order valence-corrected chi connectivity index (χ3v) is 7.00. The quantitative estimate of drug-likeness (QED) is 0.288. The fraction of sp³-hybridized carbons (Fsp3) is 0.458. The van der Waals surface area contributed by atoms with Gasteiger partial charge in [0.2, 0.25) is 10.0 Å². The number of sulfonamides is 1. The number of rotatable bonds is 8. The second-order valence-electron chi connectivity index (χ2n) is 8.49. The molecule has 0 radical (unpaired) electrons. The Labute approximate surface area is 210 Å². The predicted octanol–water partition coefficient (Wildman–Crippen LogP) is 3.77. The standard InChI is InChI=1S/C24H34N4O2S.HI/c1-19(2)27-31(29,30)18-23-12-8-7-11-22(23)16-26-24(25-3)28-14-13-21(17-28)15-20-9-5-4-6-10-20;/h4-12,19,21,27H,13-18H2,1-3H3,(H,25,26);1H. The normalized spacial score (nSPS) is 16.8. The highest BCUT2D eigenvalue weighted by Crippen LogP contribution is 2.21. The third kappa shape index (κ3) is 8.04. The fourth-order valence-electron chi connectivity index (χ4n) is 4.12. The molecule has 2 aromatic carbocycles. The maximum absolute atomic E-state index is 12.4. The summed E-state index contributed by atoms with van der Waals surface area (Å²) in [5.41, 5.74) is 3.15. The van der Waals surface area contributed by atoms with E-state index in [1.54, 1.807) is 7.05 Å². The van der Waals surface area contributed by atoms with E-state index in [2.05, 4.69) is 50.3 Å². The van der Waals surface area contributed by atoms with Crippen LogP contribution in [-0.4, -0.2) is 45.5 Å². The molecule has 1 unspecified atom stereocenters. The molecule has 0 bridgehead atoms. The monoisotopic (exact) mass is 570 g/mol. The number of nitrogens with zero attached hydrogens (tertiary/aromatic N) is 2. The number of guanidine groups is 1. The van der Waals surface area contributed by atoms with Gasteiger partial charge >= 0.3 is 0 Å². The average molecular weight is 571 g/mol. The van der Waals surface area contributed by atoms with Crippen molar-refractivity contribution in [3.63, 3.8) is 0 Å². The van der Waals surface area contributed by atoms with Crippen LogP contribution in [0.5, 0.6) is 0 Å². The summed E-state index contributed by atoms with van der Waals surface area (Å²) >= 11 is 0. The lowest BCUT2D eigenvalue weighted by Gasteiger charge is -2.22. The Balaban J connectivity index is 0.00000363. The molecule has 8 heteroatoms. The summed E-state index contributed by atoms with van der Waals surface area (Å²) in [6.07, 6.45) is 2.23. The summed E-state index contributed by atoms with van der Waals surface area (Å²) in [4.78, 5) is 6.77. The highest BCUT2D eigenvalue weighted by molar-refractivity contribution is 14.0. The Morgan fingerprint density at radius 3 is 2.41 bits per heavy atom. The first-order chi connectivity index (χ1) is 14.9. The lowest BCUT2D eigenvalue weighted by atomic mass is 9.99. The van der Waals surface area contributed by atoms with Gasteiger partial charge in [-0.1, -0.05) is 54.6 Å². The van der Waals surface area contributed by atoms with Crippen LogP contribution in [-0.2, 0) is 28.7 Å². The Hall–Kier alpha value is -1.65. The van der Waals surface area contributed by atoms with Gasteiger partial charge < -0.3 is 10.2 Å². The zero-order chi connectivity index (χ0) is 22.3. The zero-order valence-corrected chi connectivity index (χ0v) is 22.3. The highest BCUT2D eigenvalue weighted by Gasteiger charge is 2.25. The molecular weight excluding hydrogens is 535 g/mol. The molecule has 1 aliphatic heterocycles. The van der Waals surface area contributed by atoms with Crippen molar-refractivity contribution < 1.29 is 8.42 Å². The van der Waals surface area contributed by atoms with Crippen molar-refractivity contribution in [2.75, 3.05) is 20.1 Å². The first-order valence-electron chi connectivity index (χ1n) is 10.9. The van der Waals surface area contributed by atoms with Gasteiger partial charge in [0.25, 0.3) is 0 Å². The average Bonchev–Trinajstić information content (AvgIpc) is 3.17. The molecule has 3 rings (SSSR count). The van der Waals surface area contributed by atoms with E-state index >= 15 is 0 Å². The zero-order valence-electron chi connectivity index (χ0n) is 19.1. The summed E-state index contributed by atoms with van der Waals surface area (Å²) < 4.78 is 27.4. The van der Waals surface area contributed by atoms with E-state index in [9.17, 15) is 8.42 Å². The predicted molar refractivity (Wildman–Crippen MR) is 143 cm³/mol. The molecule has 6 nitrogen and oxygen atoms in total. The second-order valence-corrected chi connectivity index (χ2v) is 10.2. The molecule has 1 fully saturated rings. The molecule has 0 amide bonds. The van der Waals surface area contributed by atoms with Crippen LogP contribution in [0, 0.1) is 5.92 Å². The van der Waals surface area contributed by atoms with E-state index in [-0.39, 0.29) is 35.8 Å².